The molecule has 0 aliphatic carbocycles. The van der Waals surface area contributed by atoms with Crippen molar-refractivity contribution in [1.82, 2.24) is 4.72 Å². The summed E-state index contributed by atoms with van der Waals surface area (Å²) in [5.41, 5.74) is 7.19. The van der Waals surface area contributed by atoms with E-state index in [0.29, 0.717) is 30.2 Å². The van der Waals surface area contributed by atoms with Crippen LogP contribution in [0.1, 0.15) is 37.8 Å². The molecule has 0 aromatic heterocycles. The predicted molar refractivity (Wildman–Crippen MR) is 84.6 cm³/mol. The molecule has 1 rings (SSSR count). The number of nitrogens with one attached hydrogen (secondary N) is 1. The van der Waals surface area contributed by atoms with Crippen LogP contribution in [0.5, 0.6) is 0 Å². The van der Waals surface area contributed by atoms with Crippen molar-refractivity contribution in [2.75, 3.05) is 13.2 Å². The van der Waals surface area contributed by atoms with Crippen molar-refractivity contribution in [2.24, 2.45) is 5.73 Å². The van der Waals surface area contributed by atoms with Gasteiger partial charge in [-0.2, -0.15) is 0 Å². The molecule has 120 valence electrons. The molecule has 1 aromatic carbocycles. The summed E-state index contributed by atoms with van der Waals surface area (Å²) in [6, 6.07) is 5.17. The highest BCUT2D eigenvalue weighted by molar-refractivity contribution is 7.89. The third-order valence-corrected chi connectivity index (χ3v) is 4.70. The maximum Gasteiger partial charge on any atom is 0.240 e. The summed E-state index contributed by atoms with van der Waals surface area (Å²) in [5.74, 6) is 0. The van der Waals surface area contributed by atoms with Crippen molar-refractivity contribution in [3.63, 3.8) is 0 Å². The molecule has 0 unspecified atom stereocenters. The van der Waals surface area contributed by atoms with Gasteiger partial charge in [0.1, 0.15) is 0 Å². The second-order valence-corrected chi connectivity index (χ2v) is 7.06. The number of hydrogen-bond donors (Lipinski definition) is 2. The fraction of sp³-hybridized carbons (Fsp3) is 0.600. The summed E-state index contributed by atoms with van der Waals surface area (Å²) in [7, 11) is -3.45. The standard InChI is InChI=1S/C15H26N2O3S/c1-12(2)20-9-5-4-8-17-21(18,19)15-7-6-14(11-16)10-13(15)3/h6-7,10,12,17H,4-5,8-9,11,16H2,1-3H3. The number of ether oxygens (including phenoxy) is 1. The normalized spacial score (nSPS) is 12.0. The Hall–Kier alpha value is -0.950. The zero-order valence-corrected chi connectivity index (χ0v) is 13.9. The molecule has 0 spiro atoms. The van der Waals surface area contributed by atoms with Gasteiger partial charge in [0.25, 0.3) is 0 Å². The number of nitrogens with two attached hydrogens (primary N) is 1. The van der Waals surface area contributed by atoms with Crippen LogP contribution in [0.25, 0.3) is 0 Å². The minimum Gasteiger partial charge on any atom is -0.379 e. The van der Waals surface area contributed by atoms with Crippen LogP contribution in [0, 0.1) is 6.92 Å². The van der Waals surface area contributed by atoms with Crippen molar-refractivity contribution in [3.05, 3.63) is 29.3 Å². The van der Waals surface area contributed by atoms with Crippen molar-refractivity contribution in [3.8, 4) is 0 Å². The zero-order valence-electron chi connectivity index (χ0n) is 13.1. The van der Waals surface area contributed by atoms with E-state index in [-0.39, 0.29) is 6.10 Å². The fourth-order valence-corrected chi connectivity index (χ4v) is 3.27. The third kappa shape index (κ3) is 6.13. The van der Waals surface area contributed by atoms with Crippen molar-refractivity contribution >= 4 is 10.0 Å². The first-order valence-electron chi connectivity index (χ1n) is 7.27. The molecule has 1 aromatic rings. The molecule has 0 saturated heterocycles. The molecular weight excluding hydrogens is 288 g/mol. The molecule has 0 amide bonds. The van der Waals surface area contributed by atoms with Crippen LogP contribution in [-0.2, 0) is 21.3 Å². The molecule has 3 N–H and O–H groups in total. The van der Waals surface area contributed by atoms with Crippen molar-refractivity contribution in [2.45, 2.75) is 51.2 Å². The summed E-state index contributed by atoms with van der Waals surface area (Å²) in [4.78, 5) is 0.318. The molecule has 0 fully saturated rings. The molecule has 0 aliphatic rings. The predicted octanol–water partition coefficient (Wildman–Crippen LogP) is 1.94. The van der Waals surface area contributed by atoms with Gasteiger partial charge in [-0.25, -0.2) is 13.1 Å². The summed E-state index contributed by atoms with van der Waals surface area (Å²) in [6.07, 6.45) is 1.81. The lowest BCUT2D eigenvalue weighted by atomic mass is 10.1. The highest BCUT2D eigenvalue weighted by atomic mass is 32.2. The van der Waals surface area contributed by atoms with Gasteiger partial charge in [-0.15, -0.1) is 0 Å². The first kappa shape index (κ1) is 18.1. The van der Waals surface area contributed by atoms with E-state index in [0.717, 1.165) is 18.4 Å². The average Bonchev–Trinajstić information content (AvgIpc) is 2.41. The van der Waals surface area contributed by atoms with E-state index < -0.39 is 10.0 Å². The Morgan fingerprint density at radius 1 is 1.29 bits per heavy atom. The first-order valence-corrected chi connectivity index (χ1v) is 8.76. The maximum absolute atomic E-state index is 12.2. The highest BCUT2D eigenvalue weighted by Gasteiger charge is 2.16. The topological polar surface area (TPSA) is 81.4 Å². The third-order valence-electron chi connectivity index (χ3n) is 3.08. The van der Waals surface area contributed by atoms with E-state index in [4.69, 9.17) is 10.5 Å². The lowest BCUT2D eigenvalue weighted by Crippen LogP contribution is -2.25. The molecule has 0 radical (unpaired) electrons. The minimum absolute atomic E-state index is 0.213. The molecule has 0 aliphatic heterocycles. The molecule has 0 heterocycles. The molecule has 21 heavy (non-hydrogen) atoms. The largest absolute Gasteiger partial charge is 0.379 e. The molecule has 6 heteroatoms. The summed E-state index contributed by atoms with van der Waals surface area (Å²) >= 11 is 0. The summed E-state index contributed by atoms with van der Waals surface area (Å²) < 4.78 is 32.5. The average molecular weight is 314 g/mol. The van der Waals surface area contributed by atoms with Gasteiger partial charge in [-0.05, 0) is 50.8 Å². The minimum atomic E-state index is -3.45. The number of rotatable bonds is 9. The van der Waals surface area contributed by atoms with Crippen LogP contribution >= 0.6 is 0 Å². The molecule has 0 bridgehead atoms. The second kappa shape index (κ2) is 8.48. The van der Waals surface area contributed by atoms with Crippen LogP contribution in [0.2, 0.25) is 0 Å². The van der Waals surface area contributed by atoms with Gasteiger partial charge in [-0.1, -0.05) is 12.1 Å². The Morgan fingerprint density at radius 2 is 2.00 bits per heavy atom. The van der Waals surface area contributed by atoms with Crippen molar-refractivity contribution < 1.29 is 13.2 Å². The quantitative estimate of drug-likeness (QED) is 0.683. The Morgan fingerprint density at radius 3 is 2.57 bits per heavy atom. The number of benzene rings is 1. The van der Waals surface area contributed by atoms with E-state index >= 15 is 0 Å². The summed E-state index contributed by atoms with van der Waals surface area (Å²) in [5, 5.41) is 0. The van der Waals surface area contributed by atoms with Crippen LogP contribution in [0.4, 0.5) is 0 Å². The zero-order chi connectivity index (χ0) is 15.9. The molecule has 0 atom stereocenters. The monoisotopic (exact) mass is 314 g/mol. The van der Waals surface area contributed by atoms with Crippen molar-refractivity contribution in [1.29, 1.82) is 0 Å². The smallest absolute Gasteiger partial charge is 0.240 e. The lowest BCUT2D eigenvalue weighted by Gasteiger charge is -2.11. The summed E-state index contributed by atoms with van der Waals surface area (Å²) in [6.45, 7) is 7.23. The van der Waals surface area contributed by atoms with Gasteiger partial charge in [0.15, 0.2) is 0 Å². The molecule has 0 saturated carbocycles. The Labute approximate surface area is 127 Å². The second-order valence-electron chi connectivity index (χ2n) is 5.33. The first-order chi connectivity index (χ1) is 9.86. The van der Waals surface area contributed by atoms with Gasteiger partial charge in [-0.3, -0.25) is 0 Å². The number of aryl methyl sites for hydroxylation is 1. The maximum atomic E-state index is 12.2. The Kier molecular flexibility index (Phi) is 7.31. The Bertz CT molecular complexity index is 542. The van der Waals surface area contributed by atoms with Gasteiger partial charge >= 0.3 is 0 Å². The number of sulfonamides is 1. The van der Waals surface area contributed by atoms with Gasteiger partial charge in [0, 0.05) is 19.7 Å². The van der Waals surface area contributed by atoms with Crippen LogP contribution in [0.3, 0.4) is 0 Å². The van der Waals surface area contributed by atoms with E-state index in [1.807, 2.05) is 19.9 Å². The van der Waals surface area contributed by atoms with Gasteiger partial charge in [0.05, 0.1) is 11.0 Å². The fourth-order valence-electron chi connectivity index (χ4n) is 1.97. The lowest BCUT2D eigenvalue weighted by molar-refractivity contribution is 0.0762. The van der Waals surface area contributed by atoms with E-state index in [2.05, 4.69) is 4.72 Å². The number of unbranched alkanes of at least 4 members (excludes halogenated alkanes) is 1. The number of hydrogen-bond acceptors (Lipinski definition) is 4. The van der Waals surface area contributed by atoms with Crippen LogP contribution in [0.15, 0.2) is 23.1 Å². The van der Waals surface area contributed by atoms with Gasteiger partial charge in [0.2, 0.25) is 10.0 Å². The SMILES string of the molecule is Cc1cc(CN)ccc1S(=O)(=O)NCCCCOC(C)C. The van der Waals surface area contributed by atoms with E-state index in [1.165, 1.54) is 0 Å². The van der Waals surface area contributed by atoms with E-state index in [1.54, 1.807) is 19.1 Å². The van der Waals surface area contributed by atoms with Crippen LogP contribution < -0.4 is 10.5 Å². The molecular formula is C15H26N2O3S. The Balaban J connectivity index is 2.50. The highest BCUT2D eigenvalue weighted by Crippen LogP contribution is 2.16. The van der Waals surface area contributed by atoms with Gasteiger partial charge < -0.3 is 10.5 Å². The van der Waals surface area contributed by atoms with E-state index in [9.17, 15) is 8.42 Å². The molecule has 5 nitrogen and oxygen atoms in total. The van der Waals surface area contributed by atoms with Crippen LogP contribution in [-0.4, -0.2) is 27.7 Å².